The lowest BCUT2D eigenvalue weighted by molar-refractivity contribution is 0.0724. The molecule has 0 aliphatic carbocycles. The molecule has 1 aromatic rings. The summed E-state index contributed by atoms with van der Waals surface area (Å²) in [7, 11) is 0. The molecule has 1 amide bonds. The van der Waals surface area contributed by atoms with Crippen LogP contribution in [0.4, 0.5) is 5.69 Å². The summed E-state index contributed by atoms with van der Waals surface area (Å²) < 4.78 is 0. The van der Waals surface area contributed by atoms with Crippen molar-refractivity contribution in [2.75, 3.05) is 24.3 Å². The first-order valence-corrected chi connectivity index (χ1v) is 7.52. The number of nitrogens with two attached hydrogens (primary N) is 1. The minimum absolute atomic E-state index is 0.203. The molecule has 0 saturated heterocycles. The number of hydrogen-bond donors (Lipinski definition) is 3. The zero-order chi connectivity index (χ0) is 14.6. The largest absolute Gasteiger partial charge is 0.398 e. The van der Waals surface area contributed by atoms with Gasteiger partial charge in [-0.2, -0.15) is 11.8 Å². The van der Waals surface area contributed by atoms with Gasteiger partial charge < -0.3 is 16.2 Å². The molecule has 0 radical (unpaired) electrons. The number of nitrogens with one attached hydrogen (secondary N) is 1. The van der Waals surface area contributed by atoms with Gasteiger partial charge in [0.15, 0.2) is 0 Å². The fraction of sp³-hybridized carbons (Fsp3) is 0.500. The molecule has 0 bridgehead atoms. The zero-order valence-electron chi connectivity index (χ0n) is 11.9. The molecule has 106 valence electrons. The summed E-state index contributed by atoms with van der Waals surface area (Å²) in [6, 6.07) is 3.58. The molecular formula is C14H22N2O2S. The molecular weight excluding hydrogens is 260 g/mol. The Hall–Kier alpha value is -1.20. The van der Waals surface area contributed by atoms with E-state index in [1.807, 2.05) is 26.2 Å². The monoisotopic (exact) mass is 282 g/mol. The molecule has 1 atom stereocenters. The highest BCUT2D eigenvalue weighted by atomic mass is 32.2. The number of thioether (sulfide) groups is 1. The molecule has 0 saturated carbocycles. The number of amides is 1. The maximum Gasteiger partial charge on any atom is 0.251 e. The number of carbonyl (C=O) groups excluding carboxylic acids is 1. The Morgan fingerprint density at radius 3 is 2.63 bits per heavy atom. The van der Waals surface area contributed by atoms with Gasteiger partial charge in [0.25, 0.3) is 5.91 Å². The van der Waals surface area contributed by atoms with E-state index in [0.29, 0.717) is 17.0 Å². The van der Waals surface area contributed by atoms with Crippen LogP contribution in [0, 0.1) is 13.8 Å². The maximum atomic E-state index is 12.1. The van der Waals surface area contributed by atoms with Crippen molar-refractivity contribution in [3.05, 3.63) is 28.8 Å². The summed E-state index contributed by atoms with van der Waals surface area (Å²) in [4.78, 5) is 12.1. The normalized spacial score (nSPS) is 13.9. The highest BCUT2D eigenvalue weighted by Crippen LogP contribution is 2.18. The molecule has 5 heteroatoms. The number of benzene rings is 1. The molecule has 1 aromatic carbocycles. The summed E-state index contributed by atoms with van der Waals surface area (Å²) in [5.74, 6) is 0.369. The van der Waals surface area contributed by atoms with Crippen LogP contribution < -0.4 is 11.1 Å². The minimum atomic E-state index is -0.904. The minimum Gasteiger partial charge on any atom is -0.398 e. The van der Waals surface area contributed by atoms with E-state index in [0.717, 1.165) is 11.1 Å². The second kappa shape index (κ2) is 6.30. The Morgan fingerprint density at radius 1 is 1.42 bits per heavy atom. The lowest BCUT2D eigenvalue weighted by atomic mass is 10.0. The van der Waals surface area contributed by atoms with Crippen molar-refractivity contribution in [3.8, 4) is 0 Å². The van der Waals surface area contributed by atoms with Crippen LogP contribution in [0.25, 0.3) is 0 Å². The van der Waals surface area contributed by atoms with E-state index >= 15 is 0 Å². The van der Waals surface area contributed by atoms with E-state index in [-0.39, 0.29) is 12.5 Å². The van der Waals surface area contributed by atoms with Gasteiger partial charge in [0.1, 0.15) is 0 Å². The molecule has 0 heterocycles. The Bertz CT molecular complexity index is 473. The number of aliphatic hydroxyl groups is 1. The van der Waals surface area contributed by atoms with E-state index in [9.17, 15) is 9.90 Å². The third-order valence-corrected chi connectivity index (χ3v) is 3.85. The maximum absolute atomic E-state index is 12.1. The van der Waals surface area contributed by atoms with Crippen LogP contribution in [0.1, 0.15) is 28.4 Å². The highest BCUT2D eigenvalue weighted by Gasteiger charge is 2.21. The second-order valence-corrected chi connectivity index (χ2v) is 6.00. The van der Waals surface area contributed by atoms with E-state index in [4.69, 9.17) is 5.73 Å². The van der Waals surface area contributed by atoms with Crippen molar-refractivity contribution in [3.63, 3.8) is 0 Å². The Morgan fingerprint density at radius 2 is 2.05 bits per heavy atom. The molecule has 0 aliphatic rings. The quantitative estimate of drug-likeness (QED) is 0.719. The van der Waals surface area contributed by atoms with Gasteiger partial charge in [-0.15, -0.1) is 0 Å². The highest BCUT2D eigenvalue weighted by molar-refractivity contribution is 7.98. The van der Waals surface area contributed by atoms with Gasteiger partial charge in [-0.05, 0) is 44.2 Å². The lowest BCUT2D eigenvalue weighted by Crippen LogP contribution is -2.42. The van der Waals surface area contributed by atoms with Gasteiger partial charge in [0, 0.05) is 23.5 Å². The van der Waals surface area contributed by atoms with Crippen LogP contribution in [-0.2, 0) is 0 Å². The standard InChI is InChI=1S/C14H22N2O2S/c1-9-5-10(2)12(15)6-11(9)13(17)16-7-14(3,18)8-19-4/h5-6,18H,7-8,15H2,1-4H3,(H,16,17). The number of hydrogen-bond acceptors (Lipinski definition) is 4. The van der Waals surface area contributed by atoms with Gasteiger partial charge in [-0.3, -0.25) is 4.79 Å². The first kappa shape index (κ1) is 15.9. The summed E-state index contributed by atoms with van der Waals surface area (Å²) >= 11 is 1.54. The summed E-state index contributed by atoms with van der Waals surface area (Å²) in [6.07, 6.45) is 1.92. The Balaban J connectivity index is 2.77. The van der Waals surface area contributed by atoms with Crippen LogP contribution in [0.3, 0.4) is 0 Å². The van der Waals surface area contributed by atoms with Crippen molar-refractivity contribution in [1.29, 1.82) is 0 Å². The first-order chi connectivity index (χ1) is 8.76. The summed E-state index contributed by atoms with van der Waals surface area (Å²) in [5.41, 5.74) is 7.93. The molecule has 19 heavy (non-hydrogen) atoms. The predicted molar refractivity (Wildman–Crippen MR) is 81.7 cm³/mol. The van der Waals surface area contributed by atoms with Gasteiger partial charge in [0.05, 0.1) is 5.60 Å². The van der Waals surface area contributed by atoms with Gasteiger partial charge in [0.2, 0.25) is 0 Å². The summed E-state index contributed by atoms with van der Waals surface area (Å²) in [6.45, 7) is 5.72. The molecule has 0 aliphatic heterocycles. The molecule has 0 spiro atoms. The van der Waals surface area contributed by atoms with Gasteiger partial charge >= 0.3 is 0 Å². The number of carbonyl (C=O) groups is 1. The number of nitrogen functional groups attached to an aromatic ring is 1. The second-order valence-electron chi connectivity index (χ2n) is 5.14. The number of anilines is 1. The van der Waals surface area contributed by atoms with Crippen LogP contribution in [-0.4, -0.2) is 35.2 Å². The van der Waals surface area contributed by atoms with E-state index < -0.39 is 5.60 Å². The molecule has 0 aromatic heterocycles. The first-order valence-electron chi connectivity index (χ1n) is 6.13. The molecule has 4 nitrogen and oxygen atoms in total. The molecule has 1 unspecified atom stereocenters. The van der Waals surface area contributed by atoms with Crippen LogP contribution in [0.2, 0.25) is 0 Å². The van der Waals surface area contributed by atoms with E-state index in [2.05, 4.69) is 5.32 Å². The molecule has 1 rings (SSSR count). The smallest absolute Gasteiger partial charge is 0.251 e. The fourth-order valence-corrected chi connectivity index (χ4v) is 2.57. The SMILES string of the molecule is CSCC(C)(O)CNC(=O)c1cc(N)c(C)cc1C. The number of aryl methyl sites for hydroxylation is 2. The van der Waals surface area contributed by atoms with Crippen molar-refractivity contribution in [2.45, 2.75) is 26.4 Å². The summed E-state index contributed by atoms with van der Waals surface area (Å²) in [5, 5.41) is 12.8. The van der Waals surface area contributed by atoms with Crippen molar-refractivity contribution >= 4 is 23.4 Å². The van der Waals surface area contributed by atoms with Crippen LogP contribution in [0.15, 0.2) is 12.1 Å². The van der Waals surface area contributed by atoms with Gasteiger partial charge in [-0.25, -0.2) is 0 Å². The predicted octanol–water partition coefficient (Wildman–Crippen LogP) is 1.73. The molecule has 0 fully saturated rings. The topological polar surface area (TPSA) is 75.3 Å². The van der Waals surface area contributed by atoms with Gasteiger partial charge in [-0.1, -0.05) is 6.07 Å². The average Bonchev–Trinajstić information content (AvgIpc) is 2.31. The Kier molecular flexibility index (Phi) is 5.26. The average molecular weight is 282 g/mol. The van der Waals surface area contributed by atoms with Crippen molar-refractivity contribution in [2.24, 2.45) is 0 Å². The van der Waals surface area contributed by atoms with Crippen molar-refractivity contribution in [1.82, 2.24) is 5.32 Å². The van der Waals surface area contributed by atoms with Crippen molar-refractivity contribution < 1.29 is 9.90 Å². The zero-order valence-corrected chi connectivity index (χ0v) is 12.7. The fourth-order valence-electron chi connectivity index (χ4n) is 1.84. The molecule has 4 N–H and O–H groups in total. The van der Waals surface area contributed by atoms with Crippen LogP contribution >= 0.6 is 11.8 Å². The third kappa shape index (κ3) is 4.44. The lowest BCUT2D eigenvalue weighted by Gasteiger charge is -2.22. The van der Waals surface area contributed by atoms with Crippen LogP contribution in [0.5, 0.6) is 0 Å². The third-order valence-electron chi connectivity index (χ3n) is 2.94. The number of rotatable bonds is 5. The Labute approximate surface area is 118 Å². The van der Waals surface area contributed by atoms with E-state index in [1.165, 1.54) is 0 Å². The van der Waals surface area contributed by atoms with E-state index in [1.54, 1.807) is 24.8 Å².